The van der Waals surface area contributed by atoms with Crippen LogP contribution in [0.3, 0.4) is 0 Å². The standard InChI is InChI=1S/C18H17ClN2O3S2/c1-12-21-16-7-6-14(10-17(16)25-12)26(23,24)9-8-18(22)20-11-13-4-2-3-5-15(13)19/h2-7,10H,8-9,11H2,1H3,(H,20,22). The molecule has 5 nitrogen and oxygen atoms in total. The topological polar surface area (TPSA) is 76.1 Å². The molecule has 1 N–H and O–H groups in total. The molecule has 26 heavy (non-hydrogen) atoms. The van der Waals surface area contributed by atoms with Gasteiger partial charge in [-0.2, -0.15) is 0 Å². The highest BCUT2D eigenvalue weighted by atomic mass is 35.5. The van der Waals surface area contributed by atoms with Gasteiger partial charge in [0.25, 0.3) is 0 Å². The molecule has 0 aliphatic carbocycles. The van der Waals surface area contributed by atoms with Crippen molar-refractivity contribution >= 4 is 48.9 Å². The highest BCUT2D eigenvalue weighted by Crippen LogP contribution is 2.25. The van der Waals surface area contributed by atoms with Gasteiger partial charge in [0.05, 0.1) is 25.9 Å². The second-order valence-corrected chi connectivity index (χ2v) is 9.55. The minimum Gasteiger partial charge on any atom is -0.352 e. The summed E-state index contributed by atoms with van der Waals surface area (Å²) >= 11 is 7.48. The number of sulfone groups is 1. The Morgan fingerprint density at radius 1 is 1.23 bits per heavy atom. The number of fused-ring (bicyclic) bond motifs is 1. The molecule has 0 fully saturated rings. The molecule has 2 aromatic carbocycles. The van der Waals surface area contributed by atoms with Crippen LogP contribution in [0, 0.1) is 6.92 Å². The first-order chi connectivity index (χ1) is 12.3. The first-order valence-corrected chi connectivity index (χ1v) is 10.8. The van der Waals surface area contributed by atoms with E-state index in [1.54, 1.807) is 24.3 Å². The summed E-state index contributed by atoms with van der Waals surface area (Å²) in [6.45, 7) is 2.15. The fraction of sp³-hybridized carbons (Fsp3) is 0.222. The molecular weight excluding hydrogens is 392 g/mol. The van der Waals surface area contributed by atoms with Crippen LogP contribution in [0.1, 0.15) is 17.0 Å². The fourth-order valence-electron chi connectivity index (χ4n) is 2.48. The molecule has 3 rings (SSSR count). The molecule has 0 aliphatic heterocycles. The van der Waals surface area contributed by atoms with Crippen molar-refractivity contribution in [2.75, 3.05) is 5.75 Å². The summed E-state index contributed by atoms with van der Waals surface area (Å²) in [7, 11) is -3.54. The lowest BCUT2D eigenvalue weighted by atomic mass is 10.2. The first-order valence-electron chi connectivity index (χ1n) is 7.95. The van der Waals surface area contributed by atoms with Gasteiger partial charge in [-0.05, 0) is 36.8 Å². The van der Waals surface area contributed by atoms with E-state index in [0.29, 0.717) is 5.02 Å². The summed E-state index contributed by atoms with van der Waals surface area (Å²) < 4.78 is 25.8. The molecule has 0 atom stereocenters. The van der Waals surface area contributed by atoms with Gasteiger partial charge in [-0.3, -0.25) is 4.79 Å². The Labute approximate surface area is 160 Å². The maximum absolute atomic E-state index is 12.5. The van der Waals surface area contributed by atoms with Gasteiger partial charge in [-0.25, -0.2) is 13.4 Å². The number of hydrogen-bond donors (Lipinski definition) is 1. The second-order valence-electron chi connectivity index (χ2n) is 5.80. The van der Waals surface area contributed by atoms with Crippen LogP contribution in [0.4, 0.5) is 0 Å². The van der Waals surface area contributed by atoms with E-state index in [2.05, 4.69) is 10.3 Å². The van der Waals surface area contributed by atoms with Crippen molar-refractivity contribution in [2.45, 2.75) is 24.8 Å². The molecule has 1 heterocycles. The molecule has 1 amide bonds. The van der Waals surface area contributed by atoms with Gasteiger partial charge >= 0.3 is 0 Å². The van der Waals surface area contributed by atoms with Gasteiger partial charge in [0.2, 0.25) is 5.91 Å². The molecule has 0 saturated carbocycles. The summed E-state index contributed by atoms with van der Waals surface area (Å²) in [5, 5.41) is 4.15. The second kappa shape index (κ2) is 7.73. The predicted molar refractivity (Wildman–Crippen MR) is 104 cm³/mol. The number of benzene rings is 2. The number of carbonyl (C=O) groups excluding carboxylic acids is 1. The monoisotopic (exact) mass is 408 g/mol. The van der Waals surface area contributed by atoms with Crippen molar-refractivity contribution in [1.82, 2.24) is 10.3 Å². The average molecular weight is 409 g/mol. The third-order valence-corrected chi connectivity index (χ3v) is 6.87. The molecule has 0 aliphatic rings. The van der Waals surface area contributed by atoms with E-state index in [9.17, 15) is 13.2 Å². The largest absolute Gasteiger partial charge is 0.352 e. The number of halogens is 1. The Balaban J connectivity index is 1.61. The van der Waals surface area contributed by atoms with E-state index < -0.39 is 9.84 Å². The van der Waals surface area contributed by atoms with Gasteiger partial charge in [0.1, 0.15) is 0 Å². The van der Waals surface area contributed by atoms with Crippen LogP contribution in [0.25, 0.3) is 10.2 Å². The van der Waals surface area contributed by atoms with Crippen molar-refractivity contribution in [3.05, 3.63) is 58.1 Å². The van der Waals surface area contributed by atoms with E-state index >= 15 is 0 Å². The highest BCUT2D eigenvalue weighted by Gasteiger charge is 2.18. The molecule has 0 radical (unpaired) electrons. The number of aryl methyl sites for hydroxylation is 1. The predicted octanol–water partition coefficient (Wildman–Crippen LogP) is 3.74. The Hall–Kier alpha value is -1.96. The summed E-state index contributed by atoms with van der Waals surface area (Å²) in [6.07, 6.45) is -0.105. The average Bonchev–Trinajstić information content (AvgIpc) is 2.98. The minimum atomic E-state index is -3.54. The third kappa shape index (κ3) is 4.41. The number of nitrogens with one attached hydrogen (secondary N) is 1. The number of amides is 1. The Kier molecular flexibility index (Phi) is 5.60. The molecule has 3 aromatic rings. The summed E-state index contributed by atoms with van der Waals surface area (Å²) in [4.78, 5) is 16.5. The molecule has 8 heteroatoms. The SMILES string of the molecule is Cc1nc2ccc(S(=O)(=O)CCC(=O)NCc3ccccc3Cl)cc2s1. The van der Waals surface area contributed by atoms with Gasteiger partial charge in [0, 0.05) is 18.0 Å². The van der Waals surface area contributed by atoms with Crippen molar-refractivity contribution < 1.29 is 13.2 Å². The van der Waals surface area contributed by atoms with E-state index in [4.69, 9.17) is 11.6 Å². The smallest absolute Gasteiger partial charge is 0.221 e. The van der Waals surface area contributed by atoms with E-state index in [0.717, 1.165) is 20.8 Å². The lowest BCUT2D eigenvalue weighted by molar-refractivity contribution is -0.120. The van der Waals surface area contributed by atoms with Crippen molar-refractivity contribution in [3.63, 3.8) is 0 Å². The molecule has 0 unspecified atom stereocenters. The first kappa shape index (κ1) is 18.8. The zero-order valence-electron chi connectivity index (χ0n) is 14.0. The van der Waals surface area contributed by atoms with Crippen molar-refractivity contribution in [3.8, 4) is 0 Å². The summed E-state index contributed by atoms with van der Waals surface area (Å²) in [6, 6.07) is 12.0. The van der Waals surface area contributed by atoms with Crippen molar-refractivity contribution in [1.29, 1.82) is 0 Å². The van der Waals surface area contributed by atoms with Crippen LogP contribution in [0.15, 0.2) is 47.4 Å². The molecule has 0 saturated heterocycles. The van der Waals surface area contributed by atoms with Crippen LogP contribution in [0.2, 0.25) is 5.02 Å². The Bertz CT molecular complexity index is 1060. The van der Waals surface area contributed by atoms with Crippen LogP contribution in [-0.4, -0.2) is 25.1 Å². The lowest BCUT2D eigenvalue weighted by Crippen LogP contribution is -2.25. The number of nitrogens with zero attached hydrogens (tertiary/aromatic N) is 1. The number of thiazole rings is 1. The third-order valence-electron chi connectivity index (χ3n) is 3.86. The number of carbonyl (C=O) groups is 1. The Morgan fingerprint density at radius 3 is 2.77 bits per heavy atom. The van der Waals surface area contributed by atoms with Gasteiger partial charge in [0.15, 0.2) is 9.84 Å². The van der Waals surface area contributed by atoms with Gasteiger partial charge in [-0.1, -0.05) is 29.8 Å². The van der Waals surface area contributed by atoms with E-state index in [1.165, 1.54) is 11.3 Å². The minimum absolute atomic E-state index is 0.105. The van der Waals surface area contributed by atoms with E-state index in [-0.39, 0.29) is 29.5 Å². The quantitative estimate of drug-likeness (QED) is 0.674. The van der Waals surface area contributed by atoms with Crippen LogP contribution in [-0.2, 0) is 21.2 Å². The number of rotatable bonds is 6. The summed E-state index contributed by atoms with van der Waals surface area (Å²) in [5.74, 6) is -0.576. The Morgan fingerprint density at radius 2 is 2.00 bits per heavy atom. The van der Waals surface area contributed by atoms with Crippen LogP contribution in [0.5, 0.6) is 0 Å². The van der Waals surface area contributed by atoms with Crippen LogP contribution >= 0.6 is 22.9 Å². The summed E-state index contributed by atoms with van der Waals surface area (Å²) in [5.41, 5.74) is 1.57. The normalized spacial score (nSPS) is 11.6. The van der Waals surface area contributed by atoms with E-state index in [1.807, 2.05) is 25.1 Å². The molecule has 136 valence electrons. The number of aromatic nitrogens is 1. The zero-order valence-corrected chi connectivity index (χ0v) is 16.4. The fourth-order valence-corrected chi connectivity index (χ4v) is 4.89. The number of hydrogen-bond acceptors (Lipinski definition) is 5. The molecular formula is C18H17ClN2O3S2. The van der Waals surface area contributed by atoms with Gasteiger partial charge in [-0.15, -0.1) is 11.3 Å². The maximum atomic E-state index is 12.5. The van der Waals surface area contributed by atoms with Crippen LogP contribution < -0.4 is 5.32 Å². The highest BCUT2D eigenvalue weighted by molar-refractivity contribution is 7.91. The molecule has 1 aromatic heterocycles. The van der Waals surface area contributed by atoms with Crippen molar-refractivity contribution in [2.24, 2.45) is 0 Å². The lowest BCUT2D eigenvalue weighted by Gasteiger charge is -2.08. The van der Waals surface area contributed by atoms with Gasteiger partial charge < -0.3 is 5.32 Å². The zero-order chi connectivity index (χ0) is 18.7. The maximum Gasteiger partial charge on any atom is 0.221 e. The molecule has 0 bridgehead atoms. The molecule has 0 spiro atoms.